The summed E-state index contributed by atoms with van der Waals surface area (Å²) >= 11 is 0. The molecule has 3 N–H and O–H groups in total. The number of carboxylic acids is 1. The number of hydrogen-bond acceptors (Lipinski definition) is 4. The number of unbranched alkanes of at least 4 members (excludes halogenated alkanes) is 1. The van der Waals surface area contributed by atoms with E-state index in [4.69, 9.17) is 5.11 Å². The Kier molecular flexibility index (Phi) is 5.45. The molecule has 2 aliphatic carbocycles. The SMILES string of the molecule is O=C(O)c1ccc(CCCC[C@H]2C(=O)C[C@@H](O)[C@@H]2C#CC2(O)CC2)cc1. The molecule has 1 aromatic carbocycles. The van der Waals surface area contributed by atoms with E-state index >= 15 is 0 Å². The Morgan fingerprint density at radius 3 is 2.50 bits per heavy atom. The first-order chi connectivity index (χ1) is 12.4. The fourth-order valence-electron chi connectivity index (χ4n) is 3.46. The normalized spacial score (nSPS) is 26.2. The highest BCUT2D eigenvalue weighted by molar-refractivity contribution is 5.87. The van der Waals surface area contributed by atoms with Crippen LogP contribution < -0.4 is 0 Å². The van der Waals surface area contributed by atoms with E-state index in [9.17, 15) is 19.8 Å². The third kappa shape index (κ3) is 4.51. The zero-order valence-electron chi connectivity index (χ0n) is 14.6. The molecule has 0 bridgehead atoms. The van der Waals surface area contributed by atoms with Crippen LogP contribution in [-0.4, -0.2) is 38.8 Å². The standard InChI is InChI=1S/C21H24O5/c22-18-13-19(23)17(9-10-21(26)11-12-21)16(18)4-2-1-3-14-5-7-15(8-6-14)20(24)25/h5-8,16-17,19,23,26H,1-4,11-13H2,(H,24,25)/t16-,17-,19-/m1/s1. The molecule has 1 aromatic rings. The van der Waals surface area contributed by atoms with Gasteiger partial charge in [0.15, 0.2) is 0 Å². The molecule has 3 atom stereocenters. The van der Waals surface area contributed by atoms with Gasteiger partial charge in [0.25, 0.3) is 0 Å². The van der Waals surface area contributed by atoms with E-state index in [1.165, 1.54) is 0 Å². The van der Waals surface area contributed by atoms with E-state index in [2.05, 4.69) is 11.8 Å². The molecule has 2 aliphatic rings. The van der Waals surface area contributed by atoms with Crippen molar-refractivity contribution >= 4 is 11.8 Å². The molecule has 0 aromatic heterocycles. The van der Waals surface area contributed by atoms with Gasteiger partial charge in [-0.3, -0.25) is 4.79 Å². The van der Waals surface area contributed by atoms with Crippen molar-refractivity contribution in [3.63, 3.8) is 0 Å². The quantitative estimate of drug-likeness (QED) is 0.536. The van der Waals surface area contributed by atoms with Crippen molar-refractivity contribution in [1.29, 1.82) is 0 Å². The minimum atomic E-state index is -0.933. The van der Waals surface area contributed by atoms with Crippen LogP contribution >= 0.6 is 0 Å². The van der Waals surface area contributed by atoms with Crippen LogP contribution in [0.5, 0.6) is 0 Å². The molecule has 0 radical (unpaired) electrons. The van der Waals surface area contributed by atoms with E-state index in [1.807, 2.05) is 12.1 Å². The molecule has 2 saturated carbocycles. The average Bonchev–Trinajstić information content (AvgIpc) is 3.27. The van der Waals surface area contributed by atoms with Gasteiger partial charge in [0.05, 0.1) is 17.6 Å². The lowest BCUT2D eigenvalue weighted by Gasteiger charge is -2.15. The van der Waals surface area contributed by atoms with Gasteiger partial charge in [-0.1, -0.05) is 30.4 Å². The lowest BCUT2D eigenvalue weighted by Crippen LogP contribution is -2.20. The number of hydrogen-bond donors (Lipinski definition) is 3. The van der Waals surface area contributed by atoms with Gasteiger partial charge in [-0.25, -0.2) is 4.79 Å². The van der Waals surface area contributed by atoms with Crippen LogP contribution in [0.1, 0.15) is 54.4 Å². The maximum absolute atomic E-state index is 12.2. The third-order valence-electron chi connectivity index (χ3n) is 5.30. The Hall–Kier alpha value is -2.16. The largest absolute Gasteiger partial charge is 0.478 e. The molecule has 0 saturated heterocycles. The Labute approximate surface area is 153 Å². The van der Waals surface area contributed by atoms with Crippen LogP contribution in [0.3, 0.4) is 0 Å². The van der Waals surface area contributed by atoms with Crippen LogP contribution in [0.15, 0.2) is 24.3 Å². The van der Waals surface area contributed by atoms with Gasteiger partial charge in [0.2, 0.25) is 0 Å². The smallest absolute Gasteiger partial charge is 0.335 e. The highest BCUT2D eigenvalue weighted by Gasteiger charge is 2.42. The number of aliphatic hydroxyl groups is 2. The summed E-state index contributed by atoms with van der Waals surface area (Å²) < 4.78 is 0. The predicted octanol–water partition coefficient (Wildman–Crippen LogP) is 2.19. The molecular formula is C21H24O5. The molecule has 0 heterocycles. The van der Waals surface area contributed by atoms with Gasteiger partial charge in [0, 0.05) is 12.3 Å². The molecule has 2 fully saturated rings. The second-order valence-corrected chi connectivity index (χ2v) is 7.42. The van der Waals surface area contributed by atoms with Crippen molar-refractivity contribution < 1.29 is 24.9 Å². The number of Topliss-reactive ketones (excluding diaryl/α,β-unsaturated/α-hetero) is 1. The monoisotopic (exact) mass is 356 g/mol. The number of rotatable bonds is 6. The summed E-state index contributed by atoms with van der Waals surface area (Å²) in [6.45, 7) is 0. The Morgan fingerprint density at radius 1 is 1.19 bits per heavy atom. The Morgan fingerprint density at radius 2 is 1.88 bits per heavy atom. The molecule has 0 aliphatic heterocycles. The summed E-state index contributed by atoms with van der Waals surface area (Å²) in [4.78, 5) is 23.0. The molecule has 0 amide bonds. The molecule has 26 heavy (non-hydrogen) atoms. The van der Waals surface area contributed by atoms with E-state index in [0.717, 1.165) is 24.8 Å². The summed E-state index contributed by atoms with van der Waals surface area (Å²) in [7, 11) is 0. The fraction of sp³-hybridized carbons (Fsp3) is 0.524. The number of carbonyl (C=O) groups is 2. The number of aromatic carboxylic acids is 1. The number of carbonyl (C=O) groups excluding carboxylic acids is 1. The van der Waals surface area contributed by atoms with Gasteiger partial charge in [0.1, 0.15) is 11.4 Å². The van der Waals surface area contributed by atoms with E-state index in [-0.39, 0.29) is 29.6 Å². The summed E-state index contributed by atoms with van der Waals surface area (Å²) in [5.41, 5.74) is 0.455. The Balaban J connectivity index is 1.50. The minimum absolute atomic E-state index is 0.0606. The zero-order chi connectivity index (χ0) is 18.7. The maximum atomic E-state index is 12.2. The number of aliphatic hydroxyl groups excluding tert-OH is 1. The fourth-order valence-corrected chi connectivity index (χ4v) is 3.46. The lowest BCUT2D eigenvalue weighted by molar-refractivity contribution is -0.121. The molecule has 3 rings (SSSR count). The first kappa shape index (κ1) is 18.6. The van der Waals surface area contributed by atoms with Gasteiger partial charge in [-0.15, -0.1) is 0 Å². The second kappa shape index (κ2) is 7.61. The maximum Gasteiger partial charge on any atom is 0.335 e. The highest BCUT2D eigenvalue weighted by Crippen LogP contribution is 2.36. The number of aryl methyl sites for hydroxylation is 1. The summed E-state index contributed by atoms with van der Waals surface area (Å²) in [6.07, 6.45) is 3.98. The second-order valence-electron chi connectivity index (χ2n) is 7.42. The van der Waals surface area contributed by atoms with Gasteiger partial charge in [-0.05, 0) is 49.8 Å². The summed E-state index contributed by atoms with van der Waals surface area (Å²) in [5.74, 6) is 4.29. The molecule has 138 valence electrons. The van der Waals surface area contributed by atoms with Crippen molar-refractivity contribution in [3.8, 4) is 11.8 Å². The summed E-state index contributed by atoms with van der Waals surface area (Å²) in [5, 5.41) is 28.8. The average molecular weight is 356 g/mol. The number of ketones is 1. The van der Waals surface area contributed by atoms with Crippen LogP contribution in [0, 0.1) is 23.7 Å². The first-order valence-corrected chi connectivity index (χ1v) is 9.16. The topological polar surface area (TPSA) is 94.8 Å². The van der Waals surface area contributed by atoms with E-state index in [0.29, 0.717) is 19.3 Å². The highest BCUT2D eigenvalue weighted by atomic mass is 16.4. The van der Waals surface area contributed by atoms with Crippen molar-refractivity contribution in [2.75, 3.05) is 0 Å². The zero-order valence-corrected chi connectivity index (χ0v) is 14.6. The van der Waals surface area contributed by atoms with Crippen molar-refractivity contribution in [2.24, 2.45) is 11.8 Å². The predicted molar refractivity (Wildman–Crippen MR) is 95.5 cm³/mol. The minimum Gasteiger partial charge on any atom is -0.478 e. The van der Waals surface area contributed by atoms with Gasteiger partial charge >= 0.3 is 5.97 Å². The molecule has 5 nitrogen and oxygen atoms in total. The molecule has 5 heteroatoms. The van der Waals surface area contributed by atoms with Crippen LogP contribution in [0.4, 0.5) is 0 Å². The number of carboxylic acid groups (broad SMARTS) is 1. The van der Waals surface area contributed by atoms with Crippen molar-refractivity contribution in [3.05, 3.63) is 35.4 Å². The Bertz CT molecular complexity index is 736. The first-order valence-electron chi connectivity index (χ1n) is 9.16. The van der Waals surface area contributed by atoms with Crippen molar-refractivity contribution in [1.82, 2.24) is 0 Å². The molecule has 0 unspecified atom stereocenters. The lowest BCUT2D eigenvalue weighted by atomic mass is 9.89. The third-order valence-corrected chi connectivity index (χ3v) is 5.30. The summed E-state index contributed by atoms with van der Waals surface area (Å²) in [6, 6.07) is 6.84. The van der Waals surface area contributed by atoms with Crippen molar-refractivity contribution in [2.45, 2.75) is 56.7 Å². The van der Waals surface area contributed by atoms with Crippen LogP contribution in [-0.2, 0) is 11.2 Å². The van der Waals surface area contributed by atoms with E-state index < -0.39 is 17.7 Å². The van der Waals surface area contributed by atoms with E-state index in [1.54, 1.807) is 12.1 Å². The molecule has 0 spiro atoms. The van der Waals surface area contributed by atoms with Gasteiger partial charge in [-0.2, -0.15) is 0 Å². The number of benzene rings is 1. The van der Waals surface area contributed by atoms with Crippen LogP contribution in [0.25, 0.3) is 0 Å². The molecular weight excluding hydrogens is 332 g/mol. The van der Waals surface area contributed by atoms with Gasteiger partial charge < -0.3 is 15.3 Å². The van der Waals surface area contributed by atoms with Crippen LogP contribution in [0.2, 0.25) is 0 Å².